The van der Waals surface area contributed by atoms with Gasteiger partial charge in [-0.3, -0.25) is 0 Å². The molecule has 1 heterocycles. The molecule has 2 aromatic rings. The van der Waals surface area contributed by atoms with Gasteiger partial charge in [0, 0.05) is 18.0 Å². The van der Waals surface area contributed by atoms with Crippen molar-refractivity contribution in [2.75, 3.05) is 12.4 Å². The molecule has 3 heteroatoms. The zero-order valence-corrected chi connectivity index (χ0v) is 11.6. The van der Waals surface area contributed by atoms with Crippen LogP contribution in [0.4, 0.5) is 10.2 Å². The van der Waals surface area contributed by atoms with Crippen LogP contribution in [0.3, 0.4) is 0 Å². The highest BCUT2D eigenvalue weighted by atomic mass is 19.1. The highest BCUT2D eigenvalue weighted by Crippen LogP contribution is 2.32. The number of rotatable bonds is 1. The average molecular weight is 246 g/mol. The Morgan fingerprint density at radius 1 is 1.22 bits per heavy atom. The molecular formula is C15H19FN2. The van der Waals surface area contributed by atoms with Crippen LogP contribution in [0, 0.1) is 12.7 Å². The maximum Gasteiger partial charge on any atom is 0.149 e. The Balaban J connectivity index is 2.86. The number of anilines is 1. The molecule has 0 saturated carbocycles. The Hall–Kier alpha value is -1.64. The fourth-order valence-electron chi connectivity index (χ4n) is 2.13. The van der Waals surface area contributed by atoms with E-state index in [-0.39, 0.29) is 11.2 Å². The number of aryl methyl sites for hydroxylation is 1. The molecule has 0 bridgehead atoms. The van der Waals surface area contributed by atoms with E-state index < -0.39 is 0 Å². The molecule has 2 rings (SSSR count). The van der Waals surface area contributed by atoms with Gasteiger partial charge in [0.2, 0.25) is 0 Å². The minimum Gasteiger partial charge on any atom is -0.373 e. The van der Waals surface area contributed by atoms with Gasteiger partial charge in [-0.05, 0) is 30.0 Å². The molecule has 0 aliphatic carbocycles. The zero-order chi connectivity index (χ0) is 13.5. The number of aromatic nitrogens is 1. The number of fused-ring (bicyclic) bond motifs is 1. The van der Waals surface area contributed by atoms with Crippen LogP contribution in [0.25, 0.3) is 10.9 Å². The van der Waals surface area contributed by atoms with E-state index in [2.05, 4.69) is 31.1 Å². The fourth-order valence-corrected chi connectivity index (χ4v) is 2.13. The second-order valence-corrected chi connectivity index (χ2v) is 5.64. The van der Waals surface area contributed by atoms with E-state index in [4.69, 9.17) is 0 Å². The first kappa shape index (κ1) is 12.8. The van der Waals surface area contributed by atoms with Crippen molar-refractivity contribution in [1.82, 2.24) is 4.98 Å². The fraction of sp³-hybridized carbons (Fsp3) is 0.400. The number of nitrogens with zero attached hydrogens (tertiary/aromatic N) is 1. The van der Waals surface area contributed by atoms with Crippen molar-refractivity contribution in [2.24, 2.45) is 0 Å². The summed E-state index contributed by atoms with van der Waals surface area (Å²) in [6.45, 7) is 8.37. The van der Waals surface area contributed by atoms with Gasteiger partial charge in [0.15, 0.2) is 0 Å². The lowest BCUT2D eigenvalue weighted by Crippen LogP contribution is -2.15. The first-order valence-electron chi connectivity index (χ1n) is 6.12. The lowest BCUT2D eigenvalue weighted by molar-refractivity contribution is 0.590. The first-order valence-corrected chi connectivity index (χ1v) is 6.12. The molecule has 0 aliphatic rings. The van der Waals surface area contributed by atoms with Crippen LogP contribution in [0.2, 0.25) is 0 Å². The van der Waals surface area contributed by atoms with Gasteiger partial charge < -0.3 is 5.32 Å². The van der Waals surface area contributed by atoms with Crippen molar-refractivity contribution in [3.8, 4) is 0 Å². The molecule has 0 unspecified atom stereocenters. The SMILES string of the molecule is CNc1nc2c(F)ccc(C)c2cc1C(C)(C)C. The van der Waals surface area contributed by atoms with E-state index in [9.17, 15) is 4.39 Å². The molecule has 1 N–H and O–H groups in total. The smallest absolute Gasteiger partial charge is 0.149 e. The van der Waals surface area contributed by atoms with Gasteiger partial charge in [-0.25, -0.2) is 9.37 Å². The summed E-state index contributed by atoms with van der Waals surface area (Å²) in [5, 5.41) is 3.95. The van der Waals surface area contributed by atoms with E-state index in [1.165, 1.54) is 6.07 Å². The quantitative estimate of drug-likeness (QED) is 0.822. The second kappa shape index (κ2) is 4.23. The monoisotopic (exact) mass is 246 g/mol. The van der Waals surface area contributed by atoms with Gasteiger partial charge in [0.05, 0.1) is 0 Å². The van der Waals surface area contributed by atoms with Crippen LogP contribution in [0.1, 0.15) is 31.9 Å². The van der Waals surface area contributed by atoms with Crippen molar-refractivity contribution in [2.45, 2.75) is 33.1 Å². The van der Waals surface area contributed by atoms with Crippen molar-refractivity contribution in [3.05, 3.63) is 35.1 Å². The maximum atomic E-state index is 13.8. The summed E-state index contributed by atoms with van der Waals surface area (Å²) in [6, 6.07) is 5.32. The van der Waals surface area contributed by atoms with Crippen LogP contribution in [-0.4, -0.2) is 12.0 Å². The van der Waals surface area contributed by atoms with Crippen LogP contribution >= 0.6 is 0 Å². The molecule has 96 valence electrons. The summed E-state index contributed by atoms with van der Waals surface area (Å²) in [4.78, 5) is 4.43. The Bertz CT molecular complexity index is 597. The first-order chi connectivity index (χ1) is 8.34. The number of hydrogen-bond donors (Lipinski definition) is 1. The number of nitrogens with one attached hydrogen (secondary N) is 1. The molecule has 0 amide bonds. The number of benzene rings is 1. The minimum absolute atomic E-state index is 0.0295. The number of halogens is 1. The van der Waals surface area contributed by atoms with Gasteiger partial charge in [0.1, 0.15) is 17.2 Å². The van der Waals surface area contributed by atoms with E-state index >= 15 is 0 Å². The van der Waals surface area contributed by atoms with Crippen LogP contribution in [-0.2, 0) is 5.41 Å². The molecular weight excluding hydrogens is 227 g/mol. The highest BCUT2D eigenvalue weighted by molar-refractivity contribution is 5.85. The number of hydrogen-bond acceptors (Lipinski definition) is 2. The molecule has 0 radical (unpaired) electrons. The lowest BCUT2D eigenvalue weighted by Gasteiger charge is -2.23. The van der Waals surface area contributed by atoms with Gasteiger partial charge >= 0.3 is 0 Å². The van der Waals surface area contributed by atoms with E-state index in [1.54, 1.807) is 6.07 Å². The third kappa shape index (κ3) is 2.05. The van der Waals surface area contributed by atoms with Gasteiger partial charge in [-0.15, -0.1) is 0 Å². The van der Waals surface area contributed by atoms with Crippen LogP contribution < -0.4 is 5.32 Å². The van der Waals surface area contributed by atoms with Gasteiger partial charge in [-0.2, -0.15) is 0 Å². The molecule has 0 saturated heterocycles. The summed E-state index contributed by atoms with van der Waals surface area (Å²) in [6.07, 6.45) is 0. The third-order valence-corrected chi connectivity index (χ3v) is 3.20. The van der Waals surface area contributed by atoms with E-state index in [0.29, 0.717) is 5.52 Å². The predicted octanol–water partition coefficient (Wildman–Crippen LogP) is 4.02. The molecule has 1 aromatic carbocycles. The zero-order valence-electron chi connectivity index (χ0n) is 11.6. The van der Waals surface area contributed by atoms with Crippen molar-refractivity contribution < 1.29 is 4.39 Å². The van der Waals surface area contributed by atoms with Gasteiger partial charge in [0.25, 0.3) is 0 Å². The summed E-state index contributed by atoms with van der Waals surface area (Å²) < 4.78 is 13.8. The third-order valence-electron chi connectivity index (χ3n) is 3.20. The maximum absolute atomic E-state index is 13.8. The average Bonchev–Trinajstić information content (AvgIpc) is 2.31. The number of pyridine rings is 1. The highest BCUT2D eigenvalue weighted by Gasteiger charge is 2.20. The second-order valence-electron chi connectivity index (χ2n) is 5.64. The normalized spacial score (nSPS) is 11.9. The Morgan fingerprint density at radius 2 is 1.89 bits per heavy atom. The van der Waals surface area contributed by atoms with Crippen LogP contribution in [0.5, 0.6) is 0 Å². The lowest BCUT2D eigenvalue weighted by atomic mass is 9.86. The van der Waals surface area contributed by atoms with Gasteiger partial charge in [-0.1, -0.05) is 26.8 Å². The molecule has 0 atom stereocenters. The summed E-state index contributed by atoms with van der Waals surface area (Å²) in [5.41, 5.74) is 2.56. The topological polar surface area (TPSA) is 24.9 Å². The van der Waals surface area contributed by atoms with Crippen molar-refractivity contribution in [1.29, 1.82) is 0 Å². The molecule has 0 aliphatic heterocycles. The minimum atomic E-state index is -0.271. The van der Waals surface area contributed by atoms with E-state index in [1.807, 2.05) is 20.0 Å². The Kier molecular flexibility index (Phi) is 3.01. The largest absolute Gasteiger partial charge is 0.373 e. The molecule has 0 spiro atoms. The molecule has 2 nitrogen and oxygen atoms in total. The van der Waals surface area contributed by atoms with Crippen LogP contribution in [0.15, 0.2) is 18.2 Å². The standard InChI is InChI=1S/C15H19FN2/c1-9-6-7-12(16)13-10(9)8-11(15(2,3)4)14(17-5)18-13/h6-8H,1-5H3,(H,17,18). The Labute approximate surface area is 107 Å². The molecule has 0 fully saturated rings. The van der Waals surface area contributed by atoms with E-state index in [0.717, 1.165) is 22.3 Å². The van der Waals surface area contributed by atoms with Crippen molar-refractivity contribution >= 4 is 16.7 Å². The summed E-state index contributed by atoms with van der Waals surface area (Å²) >= 11 is 0. The molecule has 1 aromatic heterocycles. The predicted molar refractivity (Wildman–Crippen MR) is 74.7 cm³/mol. The summed E-state index contributed by atoms with van der Waals surface area (Å²) in [7, 11) is 1.82. The Morgan fingerprint density at radius 3 is 2.44 bits per heavy atom. The van der Waals surface area contributed by atoms with Crippen molar-refractivity contribution in [3.63, 3.8) is 0 Å². The molecule has 18 heavy (non-hydrogen) atoms. The summed E-state index contributed by atoms with van der Waals surface area (Å²) in [5.74, 6) is 0.479.